The van der Waals surface area contributed by atoms with Crippen molar-refractivity contribution in [3.8, 4) is 5.75 Å². The number of aromatic nitrogens is 7. The lowest BCUT2D eigenvalue weighted by Gasteiger charge is -2.46. The maximum atomic E-state index is 14.5. The van der Waals surface area contributed by atoms with Crippen LogP contribution in [0.15, 0.2) is 70.9 Å². The zero-order chi connectivity index (χ0) is 58.4. The predicted molar refractivity (Wildman–Crippen MR) is 315 cm³/mol. The molecule has 3 atom stereocenters. The lowest BCUT2D eigenvalue weighted by Crippen LogP contribution is -2.63. The molecule has 0 bridgehead atoms. The lowest BCUT2D eigenvalue weighted by atomic mass is 9.90. The molecule has 10 rings (SSSR count). The molecule has 21 nitrogen and oxygen atoms in total. The van der Waals surface area contributed by atoms with E-state index in [1.807, 2.05) is 29.7 Å². The molecule has 23 heteroatoms. The van der Waals surface area contributed by atoms with Crippen LogP contribution in [0.25, 0.3) is 10.9 Å². The molecular formula is C59H78FN15O6S. The Morgan fingerprint density at radius 1 is 0.915 bits per heavy atom. The number of piperazine rings is 3. The van der Waals surface area contributed by atoms with Gasteiger partial charge >= 0.3 is 0 Å². The molecule has 2 amide bonds. The van der Waals surface area contributed by atoms with Crippen LogP contribution in [-0.2, 0) is 33.5 Å². The Morgan fingerprint density at radius 3 is 2.35 bits per heavy atom. The van der Waals surface area contributed by atoms with Crippen LogP contribution in [0, 0.1) is 19.7 Å². The summed E-state index contributed by atoms with van der Waals surface area (Å²) in [6.45, 7) is 25.9. The molecule has 0 saturated carbocycles. The molecule has 4 aliphatic rings. The Morgan fingerprint density at radius 2 is 1.67 bits per heavy atom. The maximum absolute atomic E-state index is 14.5. The molecular weight excluding hydrogens is 1070 g/mol. The van der Waals surface area contributed by atoms with E-state index >= 15 is 0 Å². The van der Waals surface area contributed by atoms with Gasteiger partial charge in [0.25, 0.3) is 11.5 Å². The number of nitrogens with zero attached hydrogens (tertiary/aromatic N) is 12. The van der Waals surface area contributed by atoms with Crippen LogP contribution >= 0.6 is 0 Å². The highest BCUT2D eigenvalue weighted by atomic mass is 32.2. The SMILES string of the molecule is Cc1[nH]nc(Nc2ncnc3cc(OCCCN4CCN(C(=O)c5cnc(N6CCN(C[C@H]7CN[C@H](C)CN7CC(=O)N7CC(C)(C)c8c7cc(Cc7ccc(F)cc7)c(=O)n8C)[C@H](C)C6)cn5)CC4)c(S(=O)(=O)C(C)(C)C)cc23)c1C. The first-order chi connectivity index (χ1) is 38.9. The van der Waals surface area contributed by atoms with Gasteiger partial charge in [0.2, 0.25) is 5.91 Å². The standard InChI is InChI=1S/C59H78FN15O6S/c1-37-31-74(34-52(76)75-35-59(8,9)53-48(75)25-42(56(77)69(53)10)24-41-12-14-43(60)15-13-41)44(28-61-37)33-72-21-22-73(32-38(72)2)51-30-62-47(29-63-51)57(78)71-19-17-70(18-20-71)16-11-23-81-49-27-46-45(26-50(49)82(79,80)58(5,6)7)55(65-36-64-46)66-54-39(3)40(4)67-68-54/h12-15,25-27,29-30,36-38,44,61H,11,16-24,28,31-35H2,1-10H3,(H2,64,65,66,67,68)/t37-,38-,44-/m1/s1. The van der Waals surface area contributed by atoms with Gasteiger partial charge < -0.3 is 34.6 Å². The van der Waals surface area contributed by atoms with Gasteiger partial charge in [-0.1, -0.05) is 26.0 Å². The number of carbonyl (C=O) groups excluding carboxylic acids is 2. The highest BCUT2D eigenvalue weighted by molar-refractivity contribution is 7.92. The summed E-state index contributed by atoms with van der Waals surface area (Å²) in [5.74, 6) is 1.50. The van der Waals surface area contributed by atoms with Gasteiger partial charge in [-0.25, -0.2) is 32.7 Å². The van der Waals surface area contributed by atoms with E-state index in [2.05, 4.69) is 83.1 Å². The second-order valence-electron chi connectivity index (χ2n) is 24.3. The van der Waals surface area contributed by atoms with Crippen molar-refractivity contribution in [1.82, 2.24) is 59.6 Å². The molecule has 82 heavy (non-hydrogen) atoms. The third-order valence-electron chi connectivity index (χ3n) is 16.8. The number of fused-ring (bicyclic) bond motifs is 2. The first-order valence-electron chi connectivity index (χ1n) is 28.5. The number of nitrogens with one attached hydrogen (secondary N) is 3. The molecule has 6 aromatic rings. The van der Waals surface area contributed by atoms with Crippen molar-refractivity contribution in [3.63, 3.8) is 0 Å². The average molecular weight is 1140 g/mol. The van der Waals surface area contributed by atoms with Crippen molar-refractivity contribution in [2.45, 2.75) is 108 Å². The molecule has 3 N–H and O–H groups in total. The Labute approximate surface area is 479 Å². The number of sulfone groups is 1. The Hall–Kier alpha value is -6.92. The van der Waals surface area contributed by atoms with Crippen LogP contribution < -0.4 is 30.7 Å². The number of hydrogen-bond acceptors (Lipinski definition) is 17. The number of rotatable bonds is 16. The van der Waals surface area contributed by atoms with Crippen LogP contribution in [0.3, 0.4) is 0 Å². The number of H-pyrrole nitrogens is 1. The quantitative estimate of drug-likeness (QED) is 0.106. The fraction of sp³-hybridized carbons (Fsp3) is 0.525. The Balaban J connectivity index is 0.701. The number of aromatic amines is 1. The molecule has 438 valence electrons. The van der Waals surface area contributed by atoms with Crippen molar-refractivity contribution in [3.05, 3.63) is 111 Å². The largest absolute Gasteiger partial charge is 0.492 e. The van der Waals surface area contributed by atoms with Gasteiger partial charge in [0.1, 0.15) is 40.1 Å². The van der Waals surface area contributed by atoms with E-state index in [0.29, 0.717) is 85.9 Å². The van der Waals surface area contributed by atoms with E-state index < -0.39 is 20.0 Å². The summed E-state index contributed by atoms with van der Waals surface area (Å²) < 4.78 is 48.6. The monoisotopic (exact) mass is 1140 g/mol. The lowest BCUT2D eigenvalue weighted by molar-refractivity contribution is -0.120. The van der Waals surface area contributed by atoms with Crippen LogP contribution in [0.5, 0.6) is 5.75 Å². The number of aryl methyl sites for hydroxylation is 1. The summed E-state index contributed by atoms with van der Waals surface area (Å²) in [6, 6.07) is 11.8. The molecule has 4 aliphatic heterocycles. The minimum atomic E-state index is -3.84. The topological polar surface area (TPSA) is 223 Å². The summed E-state index contributed by atoms with van der Waals surface area (Å²) in [7, 11) is -2.06. The first-order valence-corrected chi connectivity index (χ1v) is 30.0. The number of ether oxygens (including phenoxy) is 1. The zero-order valence-electron chi connectivity index (χ0n) is 48.9. The van der Waals surface area contributed by atoms with Crippen molar-refractivity contribution in [2.24, 2.45) is 7.05 Å². The molecule has 0 radical (unpaired) electrons. The molecule has 4 aromatic heterocycles. The van der Waals surface area contributed by atoms with Crippen molar-refractivity contribution >= 4 is 55.7 Å². The van der Waals surface area contributed by atoms with Gasteiger partial charge in [-0.05, 0) is 84.7 Å². The van der Waals surface area contributed by atoms with E-state index in [0.717, 1.165) is 73.3 Å². The number of hydrogen-bond donors (Lipinski definition) is 3. The average Bonchev–Trinajstić information content (AvgIpc) is 3.87. The summed E-state index contributed by atoms with van der Waals surface area (Å²) in [4.78, 5) is 73.2. The molecule has 0 unspecified atom stereocenters. The van der Waals surface area contributed by atoms with Gasteiger partial charge in [-0.2, -0.15) is 5.10 Å². The molecule has 3 saturated heterocycles. The minimum Gasteiger partial charge on any atom is -0.492 e. The minimum absolute atomic E-state index is 0.0000656. The second-order valence-corrected chi connectivity index (χ2v) is 27.0. The van der Waals surface area contributed by atoms with E-state index in [1.54, 1.807) is 69.0 Å². The molecule has 0 spiro atoms. The number of pyridine rings is 1. The van der Waals surface area contributed by atoms with E-state index in [-0.39, 0.29) is 65.1 Å². The van der Waals surface area contributed by atoms with Crippen molar-refractivity contribution < 1.29 is 27.1 Å². The van der Waals surface area contributed by atoms with E-state index in [4.69, 9.17) is 9.72 Å². The highest BCUT2D eigenvalue weighted by Crippen LogP contribution is 2.41. The summed E-state index contributed by atoms with van der Waals surface area (Å²) in [5, 5.41) is 14.7. The number of benzene rings is 2. The fourth-order valence-electron chi connectivity index (χ4n) is 11.9. The smallest absolute Gasteiger partial charge is 0.274 e. The number of halogens is 1. The molecule has 0 aliphatic carbocycles. The molecule has 8 heterocycles. The second kappa shape index (κ2) is 23.4. The summed E-state index contributed by atoms with van der Waals surface area (Å²) in [5.41, 5.74) is 5.11. The van der Waals surface area contributed by atoms with Crippen molar-refractivity contribution in [2.75, 3.05) is 107 Å². The molecule has 2 aromatic carbocycles. The van der Waals surface area contributed by atoms with Crippen LogP contribution in [0.2, 0.25) is 0 Å². The highest BCUT2D eigenvalue weighted by Gasteiger charge is 2.43. The van der Waals surface area contributed by atoms with Crippen molar-refractivity contribution in [1.29, 1.82) is 0 Å². The van der Waals surface area contributed by atoms with Gasteiger partial charge in [-0.3, -0.25) is 34.2 Å². The van der Waals surface area contributed by atoms with Gasteiger partial charge in [0.15, 0.2) is 15.7 Å². The third kappa shape index (κ3) is 12.1. The maximum Gasteiger partial charge on any atom is 0.274 e. The molecule has 3 fully saturated rings. The third-order valence-corrected chi connectivity index (χ3v) is 19.4. The van der Waals surface area contributed by atoms with E-state index in [9.17, 15) is 27.2 Å². The van der Waals surface area contributed by atoms with Crippen LogP contribution in [-0.4, -0.2) is 189 Å². The van der Waals surface area contributed by atoms with E-state index in [1.165, 1.54) is 18.5 Å². The first kappa shape index (κ1) is 58.3. The number of amides is 2. The van der Waals surface area contributed by atoms with Gasteiger partial charge in [0.05, 0.1) is 47.2 Å². The number of carbonyl (C=O) groups is 2. The van der Waals surface area contributed by atoms with Gasteiger partial charge in [0, 0.05) is 144 Å². The predicted octanol–water partition coefficient (Wildman–Crippen LogP) is 5.23. The zero-order valence-corrected chi connectivity index (χ0v) is 49.7. The fourth-order valence-corrected chi connectivity index (χ4v) is 13.2. The number of anilines is 4. The summed E-state index contributed by atoms with van der Waals surface area (Å²) in [6.07, 6.45) is 5.68. The van der Waals surface area contributed by atoms with Crippen LogP contribution in [0.1, 0.15) is 93.5 Å². The normalized spacial score (nSPS) is 20.1. The summed E-state index contributed by atoms with van der Waals surface area (Å²) >= 11 is 0. The van der Waals surface area contributed by atoms with Gasteiger partial charge in [-0.15, -0.1) is 0 Å². The Bertz CT molecular complexity index is 3510. The Kier molecular flexibility index (Phi) is 16.6. The van der Waals surface area contributed by atoms with Crippen LogP contribution in [0.4, 0.5) is 27.5 Å².